The Bertz CT molecular complexity index is 343. The minimum Gasteiger partial charge on any atom is -0.465 e. The molecule has 16 heavy (non-hydrogen) atoms. The van der Waals surface area contributed by atoms with Crippen LogP contribution in [0.3, 0.4) is 0 Å². The molecule has 2 atom stereocenters. The fourth-order valence-electron chi connectivity index (χ4n) is 2.34. The van der Waals surface area contributed by atoms with E-state index in [0.717, 1.165) is 24.0 Å². The first kappa shape index (κ1) is 11.7. The van der Waals surface area contributed by atoms with E-state index in [0.29, 0.717) is 12.1 Å². The van der Waals surface area contributed by atoms with Crippen LogP contribution in [0.25, 0.3) is 0 Å². The average Bonchev–Trinajstić information content (AvgIpc) is 3.00. The van der Waals surface area contributed by atoms with E-state index in [-0.39, 0.29) is 0 Å². The standard InChI is InChI=1S/C13H22N2O/c1-9-4-7-13(16-9)10(2)15(3)12(8-14)11-5-6-11/h4,7,10-12H,5-6,8,14H2,1-3H3. The Morgan fingerprint density at radius 3 is 2.62 bits per heavy atom. The van der Waals surface area contributed by atoms with Crippen molar-refractivity contribution in [1.82, 2.24) is 4.90 Å². The van der Waals surface area contributed by atoms with Gasteiger partial charge in [-0.25, -0.2) is 0 Å². The van der Waals surface area contributed by atoms with Crippen LogP contribution < -0.4 is 5.73 Å². The summed E-state index contributed by atoms with van der Waals surface area (Å²) in [5.74, 6) is 2.82. The largest absolute Gasteiger partial charge is 0.465 e. The number of likely N-dealkylation sites (N-methyl/N-ethyl adjacent to an activating group) is 1. The Labute approximate surface area is 97.6 Å². The van der Waals surface area contributed by atoms with Gasteiger partial charge < -0.3 is 10.2 Å². The van der Waals surface area contributed by atoms with Crippen LogP contribution in [0.15, 0.2) is 16.5 Å². The molecule has 2 unspecified atom stereocenters. The molecule has 3 heteroatoms. The van der Waals surface area contributed by atoms with Gasteiger partial charge in [-0.1, -0.05) is 0 Å². The number of nitrogens with zero attached hydrogens (tertiary/aromatic N) is 1. The van der Waals surface area contributed by atoms with Gasteiger partial charge in [0.05, 0.1) is 6.04 Å². The van der Waals surface area contributed by atoms with Crippen molar-refractivity contribution in [3.63, 3.8) is 0 Å². The van der Waals surface area contributed by atoms with Crippen LogP contribution in [0.2, 0.25) is 0 Å². The second kappa shape index (κ2) is 4.60. The van der Waals surface area contributed by atoms with Crippen LogP contribution in [0, 0.1) is 12.8 Å². The lowest BCUT2D eigenvalue weighted by atomic mass is 10.1. The summed E-state index contributed by atoms with van der Waals surface area (Å²) >= 11 is 0. The van der Waals surface area contributed by atoms with Gasteiger partial charge in [0, 0.05) is 12.6 Å². The fourth-order valence-corrected chi connectivity index (χ4v) is 2.34. The van der Waals surface area contributed by atoms with E-state index < -0.39 is 0 Å². The fraction of sp³-hybridized carbons (Fsp3) is 0.692. The van der Waals surface area contributed by atoms with Gasteiger partial charge in [-0.05, 0) is 51.8 Å². The van der Waals surface area contributed by atoms with Crippen molar-refractivity contribution in [2.75, 3.05) is 13.6 Å². The maximum Gasteiger partial charge on any atom is 0.121 e. The zero-order valence-corrected chi connectivity index (χ0v) is 10.4. The van der Waals surface area contributed by atoms with Crippen LogP contribution in [-0.2, 0) is 0 Å². The molecule has 1 aromatic rings. The molecule has 2 N–H and O–H groups in total. The minimum absolute atomic E-state index is 0.308. The molecule has 1 aliphatic rings. The molecule has 3 nitrogen and oxygen atoms in total. The summed E-state index contributed by atoms with van der Waals surface area (Å²) in [6.45, 7) is 4.91. The van der Waals surface area contributed by atoms with Crippen molar-refractivity contribution in [3.05, 3.63) is 23.7 Å². The molecular formula is C13H22N2O. The van der Waals surface area contributed by atoms with Crippen molar-refractivity contribution in [2.24, 2.45) is 11.7 Å². The number of furan rings is 1. The van der Waals surface area contributed by atoms with Gasteiger partial charge in [0.25, 0.3) is 0 Å². The quantitative estimate of drug-likeness (QED) is 0.831. The van der Waals surface area contributed by atoms with Gasteiger partial charge in [0.15, 0.2) is 0 Å². The summed E-state index contributed by atoms with van der Waals surface area (Å²) < 4.78 is 5.68. The average molecular weight is 222 g/mol. The highest BCUT2D eigenvalue weighted by molar-refractivity contribution is 5.09. The van der Waals surface area contributed by atoms with Crippen molar-refractivity contribution >= 4 is 0 Å². The van der Waals surface area contributed by atoms with Gasteiger partial charge >= 0.3 is 0 Å². The predicted octanol–water partition coefficient (Wildman–Crippen LogP) is 2.32. The number of hydrogen-bond donors (Lipinski definition) is 1. The van der Waals surface area contributed by atoms with E-state index in [2.05, 4.69) is 24.9 Å². The van der Waals surface area contributed by atoms with Gasteiger partial charge in [0.1, 0.15) is 11.5 Å². The molecule has 1 fully saturated rings. The number of aryl methyl sites for hydroxylation is 1. The zero-order chi connectivity index (χ0) is 11.7. The van der Waals surface area contributed by atoms with Gasteiger partial charge in [-0.3, -0.25) is 4.90 Å². The van der Waals surface area contributed by atoms with E-state index in [1.807, 2.05) is 13.0 Å². The molecule has 90 valence electrons. The number of rotatable bonds is 5. The van der Waals surface area contributed by atoms with Crippen LogP contribution >= 0.6 is 0 Å². The third-order valence-corrected chi connectivity index (χ3v) is 3.71. The van der Waals surface area contributed by atoms with E-state index in [4.69, 9.17) is 10.2 Å². The Hall–Kier alpha value is -0.800. The smallest absolute Gasteiger partial charge is 0.121 e. The summed E-state index contributed by atoms with van der Waals surface area (Å²) in [7, 11) is 2.15. The Morgan fingerprint density at radius 1 is 1.50 bits per heavy atom. The molecule has 1 heterocycles. The highest BCUT2D eigenvalue weighted by Crippen LogP contribution is 2.37. The molecular weight excluding hydrogens is 200 g/mol. The van der Waals surface area contributed by atoms with Crippen molar-refractivity contribution in [3.8, 4) is 0 Å². The molecule has 0 saturated heterocycles. The second-order valence-corrected chi connectivity index (χ2v) is 4.93. The molecule has 0 radical (unpaired) electrons. The molecule has 0 amide bonds. The maximum absolute atomic E-state index is 5.86. The zero-order valence-electron chi connectivity index (χ0n) is 10.4. The molecule has 1 aliphatic carbocycles. The van der Waals surface area contributed by atoms with Crippen molar-refractivity contribution < 1.29 is 4.42 Å². The summed E-state index contributed by atoms with van der Waals surface area (Å²) in [4.78, 5) is 2.36. The van der Waals surface area contributed by atoms with E-state index in [1.165, 1.54) is 12.8 Å². The molecule has 0 spiro atoms. The SMILES string of the molecule is Cc1ccc(C(C)N(C)C(CN)C2CC2)o1. The summed E-state index contributed by atoms with van der Waals surface area (Å²) in [6, 6.07) is 4.90. The van der Waals surface area contributed by atoms with Gasteiger partial charge in [0.2, 0.25) is 0 Å². The van der Waals surface area contributed by atoms with E-state index in [1.54, 1.807) is 0 Å². The number of nitrogens with two attached hydrogens (primary N) is 1. The summed E-state index contributed by atoms with van der Waals surface area (Å²) in [6.07, 6.45) is 2.66. The first-order chi connectivity index (χ1) is 7.63. The van der Waals surface area contributed by atoms with Crippen molar-refractivity contribution in [1.29, 1.82) is 0 Å². The van der Waals surface area contributed by atoms with Crippen LogP contribution in [-0.4, -0.2) is 24.5 Å². The Balaban J connectivity index is 2.05. The highest BCUT2D eigenvalue weighted by Gasteiger charge is 2.35. The first-order valence-corrected chi connectivity index (χ1v) is 6.11. The van der Waals surface area contributed by atoms with Crippen LogP contribution in [0.1, 0.15) is 37.3 Å². The Kier molecular flexibility index (Phi) is 3.36. The maximum atomic E-state index is 5.86. The molecule has 1 aromatic heterocycles. The van der Waals surface area contributed by atoms with E-state index in [9.17, 15) is 0 Å². The molecule has 0 aromatic carbocycles. The molecule has 2 rings (SSSR count). The third-order valence-electron chi connectivity index (χ3n) is 3.71. The lowest BCUT2D eigenvalue weighted by Gasteiger charge is -2.31. The number of hydrogen-bond acceptors (Lipinski definition) is 3. The second-order valence-electron chi connectivity index (χ2n) is 4.93. The van der Waals surface area contributed by atoms with Crippen LogP contribution in [0.5, 0.6) is 0 Å². The monoisotopic (exact) mass is 222 g/mol. The Morgan fingerprint density at radius 2 is 2.19 bits per heavy atom. The van der Waals surface area contributed by atoms with Crippen molar-refractivity contribution in [2.45, 2.75) is 38.8 Å². The van der Waals surface area contributed by atoms with Gasteiger partial charge in [-0.15, -0.1) is 0 Å². The first-order valence-electron chi connectivity index (χ1n) is 6.11. The normalized spacial score (nSPS) is 20.1. The third kappa shape index (κ3) is 2.30. The topological polar surface area (TPSA) is 42.4 Å². The molecule has 0 bridgehead atoms. The molecule has 0 aliphatic heterocycles. The highest BCUT2D eigenvalue weighted by atomic mass is 16.3. The summed E-state index contributed by atoms with van der Waals surface area (Å²) in [5.41, 5.74) is 5.86. The minimum atomic E-state index is 0.308. The summed E-state index contributed by atoms with van der Waals surface area (Å²) in [5, 5.41) is 0. The lowest BCUT2D eigenvalue weighted by Crippen LogP contribution is -2.40. The predicted molar refractivity (Wildman–Crippen MR) is 65.2 cm³/mol. The molecule has 1 saturated carbocycles. The van der Waals surface area contributed by atoms with Crippen LogP contribution in [0.4, 0.5) is 0 Å². The van der Waals surface area contributed by atoms with E-state index >= 15 is 0 Å². The lowest BCUT2D eigenvalue weighted by molar-refractivity contribution is 0.152. The van der Waals surface area contributed by atoms with Gasteiger partial charge in [-0.2, -0.15) is 0 Å².